The van der Waals surface area contributed by atoms with Crippen molar-refractivity contribution in [2.24, 2.45) is 11.1 Å². The second kappa shape index (κ2) is 12.0. The highest BCUT2D eigenvalue weighted by atomic mass is 35.5. The maximum atomic E-state index is 15.9. The summed E-state index contributed by atoms with van der Waals surface area (Å²) in [6.07, 6.45) is 1.99. The monoisotopic (exact) mass is 620 g/mol. The van der Waals surface area contributed by atoms with E-state index in [2.05, 4.69) is 36.7 Å². The van der Waals surface area contributed by atoms with Crippen molar-refractivity contribution in [2.75, 3.05) is 11.9 Å². The molecule has 6 N–H and O–H groups in total. The van der Waals surface area contributed by atoms with E-state index in [-0.39, 0.29) is 46.5 Å². The number of nitrogens with two attached hydrogens (primary N) is 1. The Morgan fingerprint density at radius 1 is 1.21 bits per heavy atom. The van der Waals surface area contributed by atoms with E-state index in [1.807, 2.05) is 0 Å². The topological polar surface area (TPSA) is 126 Å². The molecule has 3 aliphatic rings. The van der Waals surface area contributed by atoms with Gasteiger partial charge in [0.1, 0.15) is 11.2 Å². The van der Waals surface area contributed by atoms with Gasteiger partial charge >= 0.3 is 0 Å². The molecule has 1 aliphatic carbocycles. The molecule has 5 atom stereocenters. The third-order valence-corrected chi connectivity index (χ3v) is 9.32. The summed E-state index contributed by atoms with van der Waals surface area (Å²) in [6, 6.07) is 8.37. The van der Waals surface area contributed by atoms with Crippen LogP contribution in [-0.4, -0.2) is 54.0 Å². The molecule has 8 nitrogen and oxygen atoms in total. The van der Waals surface area contributed by atoms with Gasteiger partial charge in [0.25, 0.3) is 0 Å². The quantitative estimate of drug-likeness (QED) is 0.288. The van der Waals surface area contributed by atoms with Crippen LogP contribution in [0.1, 0.15) is 69.9 Å². The minimum atomic E-state index is -1.30. The zero-order valence-corrected chi connectivity index (χ0v) is 25.6. The van der Waals surface area contributed by atoms with Crippen LogP contribution in [0.25, 0.3) is 0 Å². The molecule has 11 heteroatoms. The summed E-state index contributed by atoms with van der Waals surface area (Å²) in [6.45, 7) is 6.24. The Bertz CT molecular complexity index is 1350. The maximum Gasteiger partial charge on any atom is 0.238 e. The highest BCUT2D eigenvalue weighted by Gasteiger charge is 2.66. The lowest BCUT2D eigenvalue weighted by Crippen LogP contribution is -2.50. The lowest BCUT2D eigenvalue weighted by atomic mass is 9.62. The van der Waals surface area contributed by atoms with Gasteiger partial charge in [0.2, 0.25) is 11.8 Å². The molecule has 1 saturated carbocycles. The smallest absolute Gasteiger partial charge is 0.238 e. The number of aliphatic hydroxyl groups is 1. The summed E-state index contributed by atoms with van der Waals surface area (Å²) in [5, 5.41) is 19.8. The van der Waals surface area contributed by atoms with Crippen molar-refractivity contribution in [3.63, 3.8) is 0 Å². The molecular weight excluding hydrogens is 582 g/mol. The number of aliphatic hydroxyl groups excluding tert-OH is 1. The van der Waals surface area contributed by atoms with Crippen LogP contribution in [0.15, 0.2) is 36.4 Å². The predicted octanol–water partition coefficient (Wildman–Crippen LogP) is 4.60. The van der Waals surface area contributed by atoms with E-state index in [1.165, 1.54) is 6.07 Å². The van der Waals surface area contributed by atoms with Gasteiger partial charge in [-0.05, 0) is 66.8 Å². The first-order valence-corrected chi connectivity index (χ1v) is 15.3. The first-order chi connectivity index (χ1) is 19.8. The van der Waals surface area contributed by atoms with Gasteiger partial charge in [-0.25, -0.2) is 4.39 Å². The molecule has 2 aliphatic heterocycles. The molecule has 2 amide bonds. The molecular formula is C31H39Cl2FN4O4. The highest BCUT2D eigenvalue weighted by Crippen LogP contribution is 2.57. The molecule has 2 fully saturated rings. The third kappa shape index (κ3) is 5.79. The molecule has 0 aromatic heterocycles. The van der Waals surface area contributed by atoms with Gasteiger partial charge in [0.15, 0.2) is 6.29 Å². The maximum absolute atomic E-state index is 15.9. The minimum Gasteiger partial charge on any atom is -0.367 e. The van der Waals surface area contributed by atoms with Crippen molar-refractivity contribution < 1.29 is 23.8 Å². The summed E-state index contributed by atoms with van der Waals surface area (Å²) >= 11 is 12.6. The van der Waals surface area contributed by atoms with Gasteiger partial charge < -0.3 is 31.5 Å². The predicted molar refractivity (Wildman–Crippen MR) is 161 cm³/mol. The second-order valence-electron chi connectivity index (χ2n) is 12.9. The molecule has 228 valence electrons. The van der Waals surface area contributed by atoms with Gasteiger partial charge in [-0.15, -0.1) is 0 Å². The number of hydrogen-bond acceptors (Lipinski definition) is 6. The van der Waals surface area contributed by atoms with Crippen LogP contribution in [0.3, 0.4) is 0 Å². The molecule has 2 aromatic rings. The summed E-state index contributed by atoms with van der Waals surface area (Å²) in [5.41, 5.74) is 5.38. The number of rotatable bonds is 7. The molecule has 1 spiro atoms. The molecule has 1 unspecified atom stereocenters. The third-order valence-electron chi connectivity index (χ3n) is 8.79. The Labute approximate surface area is 255 Å². The molecule has 0 radical (unpaired) electrons. The van der Waals surface area contributed by atoms with Crippen LogP contribution in [0.5, 0.6) is 0 Å². The average Bonchev–Trinajstić information content (AvgIpc) is 3.40. The number of halogens is 3. The van der Waals surface area contributed by atoms with E-state index in [9.17, 15) is 14.7 Å². The van der Waals surface area contributed by atoms with Gasteiger partial charge in [0.05, 0.1) is 17.2 Å². The zero-order valence-electron chi connectivity index (χ0n) is 24.1. The number of benzene rings is 2. The number of amides is 2. The van der Waals surface area contributed by atoms with Gasteiger partial charge in [-0.3, -0.25) is 9.59 Å². The number of fused-ring (bicyclic) bond motifs is 2. The number of ether oxygens (including phenoxy) is 1. The molecule has 5 rings (SSSR count). The van der Waals surface area contributed by atoms with Crippen molar-refractivity contribution in [2.45, 2.75) is 94.7 Å². The average molecular weight is 622 g/mol. The Balaban J connectivity index is 1.54. The summed E-state index contributed by atoms with van der Waals surface area (Å²) in [7, 11) is 0. The first kappa shape index (κ1) is 31.2. The number of carbonyl (C=O) groups is 2. The zero-order chi connectivity index (χ0) is 30.4. The van der Waals surface area contributed by atoms with Crippen LogP contribution >= 0.6 is 23.2 Å². The van der Waals surface area contributed by atoms with Crippen molar-refractivity contribution >= 4 is 40.7 Å². The van der Waals surface area contributed by atoms with Gasteiger partial charge in [0, 0.05) is 35.3 Å². The van der Waals surface area contributed by atoms with Crippen LogP contribution < -0.4 is 21.7 Å². The summed E-state index contributed by atoms with van der Waals surface area (Å²) < 4.78 is 21.5. The minimum absolute atomic E-state index is 0.0197. The SMILES string of the molecule is CC(C)(C)C[C@H]1N[C@@H](C(=O)NC2CCC(OC(O)CN)CC2)[C@H](c2cccc(Cl)c2F)[C@@]12C(=O)Nc1cc(Cl)ccc12. The lowest BCUT2D eigenvalue weighted by Gasteiger charge is -2.38. The second-order valence-corrected chi connectivity index (χ2v) is 13.7. The van der Waals surface area contributed by atoms with Crippen LogP contribution in [0.2, 0.25) is 10.0 Å². The Morgan fingerprint density at radius 2 is 1.93 bits per heavy atom. The normalized spacial score (nSPS) is 29.8. The standard InChI is InChI=1S/C31H39Cl2FN4O4/c1-30(2,3)14-23-31(20-12-7-16(32)13-22(20)37-29(31)41)25(19-5-4-6-21(33)26(19)34)27(38-23)28(40)36-17-8-10-18(11-9-17)42-24(39)15-35/h4-7,12-13,17-18,23-25,27,38-39H,8-11,14-15,35H2,1-3H3,(H,36,40)(H,37,41)/t17?,18?,23-,24?,25+,27-,31+/m1/s1. The van der Waals surface area contributed by atoms with E-state index < -0.39 is 35.5 Å². The van der Waals surface area contributed by atoms with Crippen molar-refractivity contribution in [1.82, 2.24) is 10.6 Å². The number of carbonyl (C=O) groups excluding carboxylic acids is 2. The summed E-state index contributed by atoms with van der Waals surface area (Å²) in [4.78, 5) is 28.4. The van der Waals surface area contributed by atoms with E-state index in [4.69, 9.17) is 33.7 Å². The molecule has 1 saturated heterocycles. The van der Waals surface area contributed by atoms with Gasteiger partial charge in [-0.2, -0.15) is 0 Å². The largest absolute Gasteiger partial charge is 0.367 e. The molecule has 2 aromatic carbocycles. The van der Waals surface area contributed by atoms with Crippen molar-refractivity contribution in [3.8, 4) is 0 Å². The Hall–Kier alpha value is -2.27. The Morgan fingerprint density at radius 3 is 2.60 bits per heavy atom. The first-order valence-electron chi connectivity index (χ1n) is 14.5. The van der Waals surface area contributed by atoms with E-state index in [1.54, 1.807) is 30.3 Å². The van der Waals surface area contributed by atoms with Crippen molar-refractivity contribution in [1.29, 1.82) is 0 Å². The van der Waals surface area contributed by atoms with E-state index in [0.717, 1.165) is 0 Å². The lowest BCUT2D eigenvalue weighted by molar-refractivity contribution is -0.140. The van der Waals surface area contributed by atoms with E-state index in [0.29, 0.717) is 48.4 Å². The van der Waals surface area contributed by atoms with Crippen molar-refractivity contribution in [3.05, 3.63) is 63.4 Å². The fourth-order valence-electron chi connectivity index (χ4n) is 7.06. The number of hydrogen-bond donors (Lipinski definition) is 5. The fourth-order valence-corrected chi connectivity index (χ4v) is 7.42. The van der Waals surface area contributed by atoms with Crippen LogP contribution in [0.4, 0.5) is 10.1 Å². The molecule has 0 bridgehead atoms. The highest BCUT2D eigenvalue weighted by molar-refractivity contribution is 6.31. The molecule has 2 heterocycles. The number of anilines is 1. The Kier molecular flexibility index (Phi) is 8.92. The van der Waals surface area contributed by atoms with Crippen LogP contribution in [-0.2, 0) is 19.7 Å². The number of nitrogens with one attached hydrogen (secondary N) is 3. The van der Waals surface area contributed by atoms with Crippen LogP contribution in [0, 0.1) is 11.2 Å². The summed E-state index contributed by atoms with van der Waals surface area (Å²) in [5.74, 6) is -2.16. The molecule has 42 heavy (non-hydrogen) atoms. The van der Waals surface area contributed by atoms with Gasteiger partial charge in [-0.1, -0.05) is 62.2 Å². The fraction of sp³-hybridized carbons (Fsp3) is 0.548. The van der Waals surface area contributed by atoms with E-state index >= 15 is 4.39 Å².